The molecule has 2 heteroatoms. The Kier molecular flexibility index (Phi) is 3.78. The van der Waals surface area contributed by atoms with E-state index < -0.39 is 0 Å². The first-order chi connectivity index (χ1) is 11.6. The lowest BCUT2D eigenvalue weighted by atomic mass is 10.0. The van der Waals surface area contributed by atoms with Crippen LogP contribution in [0.25, 0.3) is 16.5 Å². The third-order valence-electron chi connectivity index (χ3n) is 5.13. The Hall–Kier alpha value is -2.32. The number of nitrogens with zero attached hydrogens (tertiary/aromatic N) is 2. The predicted molar refractivity (Wildman–Crippen MR) is 102 cm³/mol. The lowest BCUT2D eigenvalue weighted by molar-refractivity contribution is 0.310. The Balaban J connectivity index is 1.82. The Morgan fingerprint density at radius 3 is 2.71 bits per heavy atom. The number of hydrogen-bond donors (Lipinski definition) is 0. The second-order valence-corrected chi connectivity index (χ2v) is 6.99. The van der Waals surface area contributed by atoms with Gasteiger partial charge in [-0.15, -0.1) is 0 Å². The molecule has 0 fully saturated rings. The average Bonchev–Trinajstić information content (AvgIpc) is 2.88. The van der Waals surface area contributed by atoms with Crippen molar-refractivity contribution in [3.63, 3.8) is 0 Å². The molecule has 2 nitrogen and oxygen atoms in total. The minimum absolute atomic E-state index is 0.864. The average molecular weight is 316 g/mol. The van der Waals surface area contributed by atoms with Crippen molar-refractivity contribution < 1.29 is 0 Å². The molecular formula is C22H24N2. The monoisotopic (exact) mass is 316 g/mol. The maximum Gasteiger partial charge on any atom is 0.0489 e. The fourth-order valence-electron chi connectivity index (χ4n) is 3.84. The highest BCUT2D eigenvalue weighted by atomic mass is 15.1. The normalized spacial score (nSPS) is 14.8. The molecule has 1 aliphatic heterocycles. The number of hydrogen-bond acceptors (Lipinski definition) is 1. The largest absolute Gasteiger partial charge is 0.340 e. The molecule has 0 aliphatic carbocycles. The van der Waals surface area contributed by atoms with Crippen LogP contribution in [0.5, 0.6) is 0 Å². The number of allylic oxidation sites excluding steroid dienone is 1. The maximum atomic E-state index is 4.36. The van der Waals surface area contributed by atoms with E-state index in [-0.39, 0.29) is 0 Å². The molecule has 1 aromatic heterocycles. The third-order valence-corrected chi connectivity index (χ3v) is 5.13. The Labute approximate surface area is 144 Å². The molecule has 0 atom stereocenters. The van der Waals surface area contributed by atoms with Gasteiger partial charge in [-0.3, -0.25) is 0 Å². The second kappa shape index (κ2) is 5.95. The first-order valence-corrected chi connectivity index (χ1v) is 8.66. The molecule has 0 spiro atoms. The van der Waals surface area contributed by atoms with Crippen LogP contribution in [0.1, 0.15) is 22.4 Å². The fraction of sp³-hybridized carbons (Fsp3) is 0.273. The predicted octanol–water partition coefficient (Wildman–Crippen LogP) is 4.65. The van der Waals surface area contributed by atoms with Gasteiger partial charge in [-0.25, -0.2) is 0 Å². The van der Waals surface area contributed by atoms with Gasteiger partial charge in [0.2, 0.25) is 0 Å². The summed E-state index contributed by atoms with van der Waals surface area (Å²) in [5.41, 5.74) is 8.08. The van der Waals surface area contributed by atoms with Crippen LogP contribution in [-0.4, -0.2) is 23.1 Å². The minimum atomic E-state index is 0.864. The maximum absolute atomic E-state index is 4.36. The molecule has 0 saturated heterocycles. The highest BCUT2D eigenvalue weighted by molar-refractivity contribution is 5.87. The van der Waals surface area contributed by atoms with Gasteiger partial charge < -0.3 is 9.47 Å². The van der Waals surface area contributed by atoms with Crippen molar-refractivity contribution in [2.75, 3.05) is 13.6 Å². The van der Waals surface area contributed by atoms with Gasteiger partial charge in [0.15, 0.2) is 0 Å². The van der Waals surface area contributed by atoms with Gasteiger partial charge in [-0.05, 0) is 42.8 Å². The van der Waals surface area contributed by atoms with Crippen molar-refractivity contribution in [1.82, 2.24) is 9.47 Å². The Bertz CT molecular complexity index is 903. The summed E-state index contributed by atoms with van der Waals surface area (Å²) in [6, 6.07) is 17.4. The van der Waals surface area contributed by atoms with E-state index in [1.54, 1.807) is 0 Å². The van der Waals surface area contributed by atoms with E-state index in [1.807, 2.05) is 0 Å². The molecule has 24 heavy (non-hydrogen) atoms. The SMILES string of the molecule is C=C(Cn1c2c(c3cc(C)ccc31)CN(C)CC2)c1ccccc1. The van der Waals surface area contributed by atoms with Crippen molar-refractivity contribution in [3.05, 3.63) is 77.5 Å². The highest BCUT2D eigenvalue weighted by Crippen LogP contribution is 2.32. The zero-order valence-corrected chi connectivity index (χ0v) is 14.5. The molecule has 0 unspecified atom stereocenters. The van der Waals surface area contributed by atoms with Gasteiger partial charge in [0.05, 0.1) is 0 Å². The van der Waals surface area contributed by atoms with Crippen molar-refractivity contribution in [1.29, 1.82) is 0 Å². The molecule has 3 aromatic rings. The first kappa shape index (κ1) is 15.2. The second-order valence-electron chi connectivity index (χ2n) is 6.99. The molecule has 0 radical (unpaired) electrons. The molecule has 0 N–H and O–H groups in total. The summed E-state index contributed by atoms with van der Waals surface area (Å²) in [6.07, 6.45) is 1.11. The zero-order chi connectivity index (χ0) is 16.7. The number of benzene rings is 2. The van der Waals surface area contributed by atoms with Gasteiger partial charge in [0.25, 0.3) is 0 Å². The molecule has 4 rings (SSSR count). The summed E-state index contributed by atoms with van der Waals surface area (Å²) in [7, 11) is 2.21. The summed E-state index contributed by atoms with van der Waals surface area (Å²) in [5.74, 6) is 0. The molecule has 2 heterocycles. The summed E-state index contributed by atoms with van der Waals surface area (Å²) in [4.78, 5) is 2.42. The molecule has 2 aromatic carbocycles. The first-order valence-electron chi connectivity index (χ1n) is 8.66. The van der Waals surface area contributed by atoms with Crippen LogP contribution in [0.4, 0.5) is 0 Å². The Morgan fingerprint density at radius 1 is 1.12 bits per heavy atom. The van der Waals surface area contributed by atoms with Crippen LogP contribution in [-0.2, 0) is 19.5 Å². The van der Waals surface area contributed by atoms with E-state index in [9.17, 15) is 0 Å². The third kappa shape index (κ3) is 2.57. The molecule has 0 saturated carbocycles. The molecule has 1 aliphatic rings. The quantitative estimate of drug-likeness (QED) is 0.683. The number of aryl methyl sites for hydroxylation is 1. The standard InChI is InChI=1S/C22H24N2/c1-16-9-10-21-19(13-16)20-15-23(3)12-11-22(20)24(21)14-17(2)18-7-5-4-6-8-18/h4-10,13H,2,11-12,14-15H2,1,3H3. The van der Waals surface area contributed by atoms with E-state index in [4.69, 9.17) is 0 Å². The van der Waals surface area contributed by atoms with E-state index in [0.29, 0.717) is 0 Å². The lowest BCUT2D eigenvalue weighted by Gasteiger charge is -2.24. The molecule has 0 bridgehead atoms. The van der Waals surface area contributed by atoms with Crippen LogP contribution in [0.15, 0.2) is 55.1 Å². The van der Waals surface area contributed by atoms with E-state index in [2.05, 4.69) is 78.5 Å². The smallest absolute Gasteiger partial charge is 0.0489 e. The van der Waals surface area contributed by atoms with Gasteiger partial charge in [0.1, 0.15) is 0 Å². The zero-order valence-electron chi connectivity index (χ0n) is 14.5. The summed E-state index contributed by atoms with van der Waals surface area (Å²) in [6.45, 7) is 9.57. The fourth-order valence-corrected chi connectivity index (χ4v) is 3.84. The topological polar surface area (TPSA) is 8.17 Å². The lowest BCUT2D eigenvalue weighted by Crippen LogP contribution is -2.27. The number of rotatable bonds is 3. The van der Waals surface area contributed by atoms with Crippen LogP contribution in [0, 0.1) is 6.92 Å². The van der Waals surface area contributed by atoms with Gasteiger partial charge in [-0.2, -0.15) is 0 Å². The van der Waals surface area contributed by atoms with Crippen molar-refractivity contribution >= 4 is 16.5 Å². The van der Waals surface area contributed by atoms with E-state index >= 15 is 0 Å². The van der Waals surface area contributed by atoms with Crippen molar-refractivity contribution in [3.8, 4) is 0 Å². The van der Waals surface area contributed by atoms with Crippen molar-refractivity contribution in [2.45, 2.75) is 26.4 Å². The van der Waals surface area contributed by atoms with E-state index in [1.165, 1.54) is 38.9 Å². The van der Waals surface area contributed by atoms with Gasteiger partial charge in [-0.1, -0.05) is 48.5 Å². The number of likely N-dealkylation sites (N-methyl/N-ethyl adjacent to an activating group) is 1. The van der Waals surface area contributed by atoms with Gasteiger partial charge >= 0.3 is 0 Å². The summed E-state index contributed by atoms with van der Waals surface area (Å²) in [5, 5.41) is 1.41. The van der Waals surface area contributed by atoms with Crippen LogP contribution in [0.2, 0.25) is 0 Å². The summed E-state index contributed by atoms with van der Waals surface area (Å²) < 4.78 is 2.49. The Morgan fingerprint density at radius 2 is 1.92 bits per heavy atom. The van der Waals surface area contributed by atoms with Crippen LogP contribution in [0.3, 0.4) is 0 Å². The highest BCUT2D eigenvalue weighted by Gasteiger charge is 2.22. The minimum Gasteiger partial charge on any atom is -0.340 e. The number of aromatic nitrogens is 1. The van der Waals surface area contributed by atoms with Crippen LogP contribution < -0.4 is 0 Å². The molecular weight excluding hydrogens is 292 g/mol. The van der Waals surface area contributed by atoms with Gasteiger partial charge in [0, 0.05) is 42.7 Å². The van der Waals surface area contributed by atoms with Crippen LogP contribution >= 0.6 is 0 Å². The molecule has 122 valence electrons. The number of fused-ring (bicyclic) bond motifs is 3. The summed E-state index contributed by atoms with van der Waals surface area (Å²) >= 11 is 0. The van der Waals surface area contributed by atoms with E-state index in [0.717, 1.165) is 26.1 Å². The molecule has 0 amide bonds. The van der Waals surface area contributed by atoms with Crippen molar-refractivity contribution in [2.24, 2.45) is 0 Å².